The molecule has 0 radical (unpaired) electrons. The smallest absolute Gasteiger partial charge is 0.305 e. The lowest BCUT2D eigenvalue weighted by molar-refractivity contribution is -0.136. The van der Waals surface area contributed by atoms with Gasteiger partial charge < -0.3 is 10.4 Å². The molecule has 0 saturated heterocycles. The highest BCUT2D eigenvalue weighted by atomic mass is 35.5. The van der Waals surface area contributed by atoms with Crippen LogP contribution < -0.4 is 5.32 Å². The quantitative estimate of drug-likeness (QED) is 0.335. The minimum atomic E-state index is -1.01. The van der Waals surface area contributed by atoms with Gasteiger partial charge in [0.25, 0.3) is 5.91 Å². The minimum absolute atomic E-state index is 0.00195. The summed E-state index contributed by atoms with van der Waals surface area (Å²) in [7, 11) is 0. The number of carboxylic acids is 1. The molecule has 172 valence electrons. The molecule has 0 aliphatic carbocycles. The molecule has 7 heteroatoms. The van der Waals surface area contributed by atoms with Crippen LogP contribution in [-0.2, 0) is 4.79 Å². The van der Waals surface area contributed by atoms with E-state index in [4.69, 9.17) is 16.7 Å². The lowest BCUT2D eigenvalue weighted by Gasteiger charge is -2.09. The summed E-state index contributed by atoms with van der Waals surface area (Å²) in [5.41, 5.74) is 2.82. The van der Waals surface area contributed by atoms with Crippen LogP contribution in [-0.4, -0.2) is 35.1 Å². The molecular weight excluding hydrogens is 454 g/mol. The lowest BCUT2D eigenvalue weighted by Crippen LogP contribution is -2.26. The second-order valence-corrected chi connectivity index (χ2v) is 8.04. The number of halogens is 1. The van der Waals surface area contributed by atoms with E-state index in [1.54, 1.807) is 36.4 Å². The molecule has 0 spiro atoms. The van der Waals surface area contributed by atoms with Crippen molar-refractivity contribution in [1.82, 2.24) is 5.32 Å². The Bertz CT molecular complexity index is 1240. The number of aliphatic carboxylic acids is 1. The average molecular weight is 476 g/mol. The summed E-state index contributed by atoms with van der Waals surface area (Å²) in [4.78, 5) is 49.0. The second-order valence-electron chi connectivity index (χ2n) is 7.60. The number of amides is 1. The molecule has 0 bridgehead atoms. The molecule has 3 rings (SSSR count). The van der Waals surface area contributed by atoms with Gasteiger partial charge in [-0.3, -0.25) is 19.2 Å². The van der Waals surface area contributed by atoms with Crippen LogP contribution in [0.4, 0.5) is 0 Å². The fourth-order valence-electron chi connectivity index (χ4n) is 3.16. The number of Topliss-reactive ketones (excluding diaryl/α,β-unsaturated/α-hetero) is 1. The maximum Gasteiger partial charge on any atom is 0.305 e. The second kappa shape index (κ2) is 11.2. The molecule has 0 aliphatic heterocycles. The van der Waals surface area contributed by atoms with Crippen molar-refractivity contribution in [3.8, 4) is 0 Å². The Morgan fingerprint density at radius 1 is 0.794 bits per heavy atom. The SMILES string of the molecule is Cc1ccc(C(=CC(=O)c2ccc(Cl)cc2)C(=O)c2ccc(C(=O)NCCC(=O)O)cc2)cc1. The molecule has 0 unspecified atom stereocenters. The van der Waals surface area contributed by atoms with E-state index in [2.05, 4.69) is 5.32 Å². The van der Waals surface area contributed by atoms with E-state index in [1.807, 2.05) is 19.1 Å². The van der Waals surface area contributed by atoms with Crippen LogP contribution in [0.1, 0.15) is 48.6 Å². The number of carbonyl (C=O) groups excluding carboxylic acids is 3. The van der Waals surface area contributed by atoms with Crippen molar-refractivity contribution in [2.24, 2.45) is 0 Å². The van der Waals surface area contributed by atoms with Gasteiger partial charge in [0.1, 0.15) is 0 Å². The van der Waals surface area contributed by atoms with E-state index >= 15 is 0 Å². The van der Waals surface area contributed by atoms with Gasteiger partial charge in [-0.1, -0.05) is 53.6 Å². The van der Waals surface area contributed by atoms with Crippen LogP contribution in [0.25, 0.3) is 5.57 Å². The topological polar surface area (TPSA) is 101 Å². The summed E-state index contributed by atoms with van der Waals surface area (Å²) < 4.78 is 0. The highest BCUT2D eigenvalue weighted by Crippen LogP contribution is 2.22. The molecule has 0 fully saturated rings. The van der Waals surface area contributed by atoms with Crippen LogP contribution in [0, 0.1) is 6.92 Å². The highest BCUT2D eigenvalue weighted by Gasteiger charge is 2.18. The van der Waals surface area contributed by atoms with Gasteiger partial charge in [0.05, 0.1) is 6.42 Å². The Hall–Kier alpha value is -4.03. The summed E-state index contributed by atoms with van der Waals surface area (Å²) in [6.07, 6.45) is 1.12. The number of carboxylic acid groups (broad SMARTS) is 1. The fraction of sp³-hybridized carbons (Fsp3) is 0.111. The monoisotopic (exact) mass is 475 g/mol. The van der Waals surface area contributed by atoms with Crippen LogP contribution in [0.5, 0.6) is 0 Å². The van der Waals surface area contributed by atoms with Crippen molar-refractivity contribution < 1.29 is 24.3 Å². The number of rotatable bonds is 9. The van der Waals surface area contributed by atoms with Crippen LogP contribution in [0.3, 0.4) is 0 Å². The largest absolute Gasteiger partial charge is 0.481 e. The third-order valence-corrected chi connectivity index (χ3v) is 5.30. The van der Waals surface area contributed by atoms with Crippen molar-refractivity contribution in [3.63, 3.8) is 0 Å². The molecule has 1 amide bonds. The Kier molecular flexibility index (Phi) is 8.11. The maximum atomic E-state index is 13.4. The van der Waals surface area contributed by atoms with Crippen LogP contribution in [0.15, 0.2) is 78.9 Å². The average Bonchev–Trinajstić information content (AvgIpc) is 2.83. The van der Waals surface area contributed by atoms with Crippen LogP contribution in [0.2, 0.25) is 5.02 Å². The first-order chi connectivity index (χ1) is 16.2. The summed E-state index contributed by atoms with van der Waals surface area (Å²) >= 11 is 5.90. The fourth-order valence-corrected chi connectivity index (χ4v) is 3.28. The van der Waals surface area contributed by atoms with E-state index in [1.165, 1.54) is 30.3 Å². The van der Waals surface area contributed by atoms with Gasteiger partial charge in [-0.05, 0) is 55.0 Å². The zero-order valence-electron chi connectivity index (χ0n) is 18.4. The number of carbonyl (C=O) groups is 4. The summed E-state index contributed by atoms with van der Waals surface area (Å²) in [5, 5.41) is 11.7. The molecule has 3 aromatic carbocycles. The molecule has 6 nitrogen and oxygen atoms in total. The van der Waals surface area contributed by atoms with Gasteiger partial charge in [-0.2, -0.15) is 0 Å². The van der Waals surface area contributed by atoms with E-state index in [0.29, 0.717) is 27.3 Å². The van der Waals surface area contributed by atoms with Gasteiger partial charge in [0.2, 0.25) is 0 Å². The van der Waals surface area contributed by atoms with Gasteiger partial charge >= 0.3 is 5.97 Å². The molecule has 0 heterocycles. The molecule has 0 aromatic heterocycles. The predicted molar refractivity (Wildman–Crippen MR) is 130 cm³/mol. The van der Waals surface area contributed by atoms with Crippen molar-refractivity contribution in [3.05, 3.63) is 112 Å². The van der Waals surface area contributed by atoms with E-state index in [-0.39, 0.29) is 30.1 Å². The number of benzene rings is 3. The number of aryl methyl sites for hydroxylation is 1. The predicted octanol–water partition coefficient (Wildman–Crippen LogP) is 5.00. The first kappa shape index (κ1) is 24.6. The molecule has 3 aromatic rings. The zero-order valence-corrected chi connectivity index (χ0v) is 19.1. The Morgan fingerprint density at radius 2 is 1.32 bits per heavy atom. The van der Waals surface area contributed by atoms with Gasteiger partial charge in [0.15, 0.2) is 11.6 Å². The molecule has 34 heavy (non-hydrogen) atoms. The third kappa shape index (κ3) is 6.49. The first-order valence-corrected chi connectivity index (χ1v) is 10.9. The number of ketones is 2. The lowest BCUT2D eigenvalue weighted by atomic mass is 9.93. The van der Waals surface area contributed by atoms with Crippen molar-refractivity contribution >= 4 is 40.6 Å². The van der Waals surface area contributed by atoms with Crippen molar-refractivity contribution in [1.29, 1.82) is 0 Å². The third-order valence-electron chi connectivity index (χ3n) is 5.05. The molecule has 0 aliphatic rings. The van der Waals surface area contributed by atoms with E-state index in [9.17, 15) is 19.2 Å². The van der Waals surface area contributed by atoms with Crippen molar-refractivity contribution in [2.45, 2.75) is 13.3 Å². The molecule has 2 N–H and O–H groups in total. The normalized spacial score (nSPS) is 11.1. The number of hydrogen-bond acceptors (Lipinski definition) is 4. The maximum absolute atomic E-state index is 13.4. The summed E-state index contributed by atoms with van der Waals surface area (Å²) in [5.74, 6) is -2.16. The summed E-state index contributed by atoms with van der Waals surface area (Å²) in [6, 6.07) is 19.6. The number of hydrogen-bond donors (Lipinski definition) is 2. The number of nitrogens with one attached hydrogen (secondary N) is 1. The minimum Gasteiger partial charge on any atom is -0.481 e. The Balaban J connectivity index is 1.88. The van der Waals surface area contributed by atoms with Crippen LogP contribution >= 0.6 is 11.6 Å². The molecule has 0 saturated carbocycles. The first-order valence-electron chi connectivity index (χ1n) is 10.5. The Morgan fingerprint density at radius 3 is 1.91 bits per heavy atom. The van der Waals surface area contributed by atoms with Gasteiger partial charge in [-0.25, -0.2) is 0 Å². The zero-order chi connectivity index (χ0) is 24.7. The van der Waals surface area contributed by atoms with E-state index < -0.39 is 11.9 Å². The van der Waals surface area contributed by atoms with E-state index in [0.717, 1.165) is 5.56 Å². The highest BCUT2D eigenvalue weighted by molar-refractivity contribution is 6.33. The van der Waals surface area contributed by atoms with Crippen molar-refractivity contribution in [2.75, 3.05) is 6.54 Å². The standard InChI is InChI=1S/C27H22ClNO5/c1-17-2-4-18(5-3-17)23(16-24(30)19-10-12-22(28)13-11-19)26(33)20-6-8-21(9-7-20)27(34)29-15-14-25(31)32/h2-13,16H,14-15H2,1H3,(H,29,34)(H,31,32). The van der Waals surface area contributed by atoms with Gasteiger partial charge in [0, 0.05) is 33.8 Å². The Labute approximate surface area is 201 Å². The van der Waals surface area contributed by atoms with Gasteiger partial charge in [-0.15, -0.1) is 0 Å². The summed E-state index contributed by atoms with van der Waals surface area (Å²) in [6.45, 7) is 1.93. The number of allylic oxidation sites excluding steroid dienone is 2. The molecule has 0 atom stereocenters. The molecular formula is C27H22ClNO5.